The van der Waals surface area contributed by atoms with Gasteiger partial charge < -0.3 is 10.5 Å². The highest BCUT2D eigenvalue weighted by Gasteiger charge is 2.43. The van der Waals surface area contributed by atoms with E-state index in [1.807, 2.05) is 6.92 Å². The summed E-state index contributed by atoms with van der Waals surface area (Å²) in [5.74, 6) is 2.06. The first-order chi connectivity index (χ1) is 7.24. The van der Waals surface area contributed by atoms with Gasteiger partial charge in [0.05, 0.1) is 18.2 Å². The van der Waals surface area contributed by atoms with E-state index in [1.54, 1.807) is 0 Å². The third-order valence-electron chi connectivity index (χ3n) is 3.38. The average Bonchev–Trinajstić information content (AvgIpc) is 2.93. The van der Waals surface area contributed by atoms with E-state index in [2.05, 4.69) is 15.2 Å². The molecule has 2 saturated heterocycles. The molecule has 0 aromatic carbocycles. The largest absolute Gasteiger partial charge is 0.374 e. The predicted molar refractivity (Wildman–Crippen MR) is 54.2 cm³/mol. The highest BCUT2D eigenvalue weighted by Crippen LogP contribution is 2.43. The molecule has 0 aliphatic carbocycles. The molecule has 4 unspecified atom stereocenters. The van der Waals surface area contributed by atoms with Crippen LogP contribution in [0.2, 0.25) is 0 Å². The second-order valence-electron chi connectivity index (χ2n) is 4.58. The molecular weight excluding hydrogens is 192 g/mol. The van der Waals surface area contributed by atoms with Crippen molar-refractivity contribution < 1.29 is 4.74 Å². The molecule has 15 heavy (non-hydrogen) atoms. The summed E-state index contributed by atoms with van der Waals surface area (Å²) in [6, 6.07) is -0.102. The lowest BCUT2D eigenvalue weighted by Crippen LogP contribution is -2.16. The summed E-state index contributed by atoms with van der Waals surface area (Å²) in [4.78, 5) is 4.44. The maximum Gasteiger partial charge on any atom is 0.167 e. The number of aromatic amines is 1. The Morgan fingerprint density at radius 1 is 1.53 bits per heavy atom. The van der Waals surface area contributed by atoms with E-state index in [0.717, 1.165) is 18.7 Å². The number of nitrogens with two attached hydrogens (primary N) is 1. The van der Waals surface area contributed by atoms with Gasteiger partial charge in [-0.15, -0.1) is 0 Å². The quantitative estimate of drug-likeness (QED) is 0.755. The number of hydrogen-bond acceptors (Lipinski definition) is 4. The van der Waals surface area contributed by atoms with E-state index in [4.69, 9.17) is 10.5 Å². The Morgan fingerprint density at radius 3 is 2.93 bits per heavy atom. The van der Waals surface area contributed by atoms with Gasteiger partial charge in [0.25, 0.3) is 0 Å². The molecule has 2 aliphatic heterocycles. The SMILES string of the molecule is CC(N)c1n[nH]c(C2CC3CCC2O3)n1. The van der Waals surface area contributed by atoms with Crippen LogP contribution in [0.1, 0.15) is 49.8 Å². The van der Waals surface area contributed by atoms with Crippen molar-refractivity contribution in [3.05, 3.63) is 11.6 Å². The molecule has 3 heterocycles. The van der Waals surface area contributed by atoms with E-state index in [1.165, 1.54) is 6.42 Å². The summed E-state index contributed by atoms with van der Waals surface area (Å²) >= 11 is 0. The fraction of sp³-hybridized carbons (Fsp3) is 0.800. The molecule has 1 aromatic heterocycles. The standard InChI is InChI=1S/C10H16N4O/c1-5(11)9-12-10(14-13-9)7-4-6-2-3-8(7)15-6/h5-8H,2-4,11H2,1H3,(H,12,13,14). The monoisotopic (exact) mass is 208 g/mol. The summed E-state index contributed by atoms with van der Waals surface area (Å²) in [5.41, 5.74) is 5.73. The van der Waals surface area contributed by atoms with Crippen molar-refractivity contribution in [3.63, 3.8) is 0 Å². The van der Waals surface area contributed by atoms with Gasteiger partial charge in [-0.1, -0.05) is 0 Å². The zero-order valence-corrected chi connectivity index (χ0v) is 8.81. The summed E-state index contributed by atoms with van der Waals surface area (Å²) in [6.45, 7) is 1.89. The molecule has 0 spiro atoms. The maximum absolute atomic E-state index is 5.79. The molecule has 82 valence electrons. The number of fused-ring (bicyclic) bond motifs is 2. The first-order valence-electron chi connectivity index (χ1n) is 5.57. The second-order valence-corrected chi connectivity index (χ2v) is 4.58. The fourth-order valence-electron chi connectivity index (χ4n) is 2.58. The Morgan fingerprint density at radius 2 is 2.40 bits per heavy atom. The topological polar surface area (TPSA) is 76.8 Å². The summed E-state index contributed by atoms with van der Waals surface area (Å²) < 4.78 is 5.79. The maximum atomic E-state index is 5.79. The lowest BCUT2D eigenvalue weighted by molar-refractivity contribution is 0.0999. The normalized spacial score (nSPS) is 36.0. The molecule has 1 aromatic rings. The van der Waals surface area contributed by atoms with Crippen LogP contribution in [0.4, 0.5) is 0 Å². The molecule has 3 N–H and O–H groups in total. The minimum Gasteiger partial charge on any atom is -0.374 e. The van der Waals surface area contributed by atoms with E-state index in [0.29, 0.717) is 24.0 Å². The Labute approximate surface area is 88.4 Å². The van der Waals surface area contributed by atoms with E-state index >= 15 is 0 Å². The van der Waals surface area contributed by atoms with Crippen LogP contribution in [0.25, 0.3) is 0 Å². The summed E-state index contributed by atoms with van der Waals surface area (Å²) in [6.07, 6.45) is 4.24. The minimum atomic E-state index is -0.102. The Kier molecular flexibility index (Phi) is 2.03. The van der Waals surface area contributed by atoms with Gasteiger partial charge in [0, 0.05) is 5.92 Å². The number of rotatable bonds is 2. The van der Waals surface area contributed by atoms with Gasteiger partial charge in [-0.05, 0) is 26.2 Å². The van der Waals surface area contributed by atoms with Crippen LogP contribution in [0, 0.1) is 0 Å². The molecule has 2 aliphatic rings. The molecule has 2 fully saturated rings. The van der Waals surface area contributed by atoms with Gasteiger partial charge in [0.15, 0.2) is 5.82 Å². The van der Waals surface area contributed by atoms with Crippen LogP contribution in [0.3, 0.4) is 0 Å². The van der Waals surface area contributed by atoms with Crippen molar-refractivity contribution in [3.8, 4) is 0 Å². The van der Waals surface area contributed by atoms with E-state index in [9.17, 15) is 0 Å². The zero-order valence-electron chi connectivity index (χ0n) is 8.81. The van der Waals surface area contributed by atoms with Gasteiger partial charge in [-0.3, -0.25) is 5.10 Å². The van der Waals surface area contributed by atoms with Crippen LogP contribution in [-0.2, 0) is 4.74 Å². The number of nitrogens with one attached hydrogen (secondary N) is 1. The molecular formula is C10H16N4O. The van der Waals surface area contributed by atoms with Crippen LogP contribution < -0.4 is 5.73 Å². The van der Waals surface area contributed by atoms with Crippen LogP contribution in [0.15, 0.2) is 0 Å². The zero-order chi connectivity index (χ0) is 10.4. The van der Waals surface area contributed by atoms with Gasteiger partial charge in [0.2, 0.25) is 0 Å². The Balaban J connectivity index is 1.81. The molecule has 0 radical (unpaired) electrons. The van der Waals surface area contributed by atoms with Crippen molar-refractivity contribution in [1.29, 1.82) is 0 Å². The van der Waals surface area contributed by atoms with E-state index < -0.39 is 0 Å². The number of hydrogen-bond donors (Lipinski definition) is 2. The third kappa shape index (κ3) is 1.46. The molecule has 5 nitrogen and oxygen atoms in total. The average molecular weight is 208 g/mol. The lowest BCUT2D eigenvalue weighted by Gasteiger charge is -2.15. The van der Waals surface area contributed by atoms with Crippen molar-refractivity contribution >= 4 is 0 Å². The smallest absolute Gasteiger partial charge is 0.167 e. The molecule has 3 rings (SSSR count). The van der Waals surface area contributed by atoms with Crippen LogP contribution >= 0.6 is 0 Å². The molecule has 5 heteroatoms. The van der Waals surface area contributed by atoms with Gasteiger partial charge in [0.1, 0.15) is 5.82 Å². The highest BCUT2D eigenvalue weighted by atomic mass is 16.5. The minimum absolute atomic E-state index is 0.102. The first kappa shape index (κ1) is 9.30. The second kappa shape index (κ2) is 3.28. The highest BCUT2D eigenvalue weighted by molar-refractivity contribution is 5.08. The van der Waals surface area contributed by atoms with Gasteiger partial charge >= 0.3 is 0 Å². The van der Waals surface area contributed by atoms with E-state index in [-0.39, 0.29) is 6.04 Å². The molecule has 4 atom stereocenters. The van der Waals surface area contributed by atoms with Crippen molar-refractivity contribution in [1.82, 2.24) is 15.2 Å². The van der Waals surface area contributed by atoms with Crippen molar-refractivity contribution in [2.24, 2.45) is 5.73 Å². The van der Waals surface area contributed by atoms with Crippen molar-refractivity contribution in [2.45, 2.75) is 50.4 Å². The van der Waals surface area contributed by atoms with Crippen LogP contribution in [0.5, 0.6) is 0 Å². The van der Waals surface area contributed by atoms with Crippen molar-refractivity contribution in [2.75, 3.05) is 0 Å². The molecule has 0 saturated carbocycles. The number of nitrogens with zero attached hydrogens (tertiary/aromatic N) is 2. The third-order valence-corrected chi connectivity index (χ3v) is 3.38. The summed E-state index contributed by atoms with van der Waals surface area (Å²) in [7, 11) is 0. The summed E-state index contributed by atoms with van der Waals surface area (Å²) in [5, 5.41) is 7.12. The van der Waals surface area contributed by atoms with Gasteiger partial charge in [-0.25, -0.2) is 4.98 Å². The first-order valence-corrected chi connectivity index (χ1v) is 5.57. The number of H-pyrrole nitrogens is 1. The van der Waals surface area contributed by atoms with Crippen LogP contribution in [-0.4, -0.2) is 27.4 Å². The number of aromatic nitrogens is 3. The Hall–Kier alpha value is -0.940. The predicted octanol–water partition coefficient (Wildman–Crippen LogP) is 0.859. The Bertz CT molecular complexity index is 362. The molecule has 2 bridgehead atoms. The lowest BCUT2D eigenvalue weighted by atomic mass is 9.89. The fourth-order valence-corrected chi connectivity index (χ4v) is 2.58. The molecule has 0 amide bonds. The van der Waals surface area contributed by atoms with Gasteiger partial charge in [-0.2, -0.15) is 5.10 Å². The number of ether oxygens (including phenoxy) is 1.